The van der Waals surface area contributed by atoms with Crippen molar-refractivity contribution in [1.82, 2.24) is 14.8 Å². The molecule has 2 amide bonds. The molecule has 1 aliphatic carbocycles. The van der Waals surface area contributed by atoms with Gasteiger partial charge in [0, 0.05) is 49.5 Å². The maximum atomic E-state index is 13.1. The van der Waals surface area contributed by atoms with Crippen molar-refractivity contribution in [2.45, 2.75) is 45.1 Å². The Morgan fingerprint density at radius 1 is 1.30 bits per heavy atom. The topological polar surface area (TPSA) is 63.6 Å². The van der Waals surface area contributed by atoms with E-state index in [1.165, 1.54) is 37.4 Å². The van der Waals surface area contributed by atoms with E-state index >= 15 is 0 Å². The van der Waals surface area contributed by atoms with Gasteiger partial charge in [-0.3, -0.25) is 14.5 Å². The molecule has 0 bridgehead atoms. The van der Waals surface area contributed by atoms with Crippen LogP contribution in [0.4, 0.5) is 0 Å². The van der Waals surface area contributed by atoms with Crippen molar-refractivity contribution < 1.29 is 14.3 Å². The first kappa shape index (κ1) is 24.0. The van der Waals surface area contributed by atoms with Crippen LogP contribution in [0.5, 0.6) is 0 Å². The molecular formula is C25H31N3O3S2. The summed E-state index contributed by atoms with van der Waals surface area (Å²) in [5.41, 5.74) is 1.89. The van der Waals surface area contributed by atoms with Crippen molar-refractivity contribution >= 4 is 57.1 Å². The van der Waals surface area contributed by atoms with Crippen LogP contribution >= 0.6 is 24.0 Å². The molecular weight excluding hydrogens is 454 g/mol. The first-order valence-corrected chi connectivity index (χ1v) is 12.9. The molecule has 1 N–H and O–H groups in total. The quantitative estimate of drug-likeness (QED) is 0.303. The minimum Gasteiger partial charge on any atom is -0.385 e. The number of thioether (sulfide) groups is 1. The van der Waals surface area contributed by atoms with Crippen LogP contribution in [0.1, 0.15) is 44.1 Å². The first-order valence-electron chi connectivity index (χ1n) is 11.7. The number of benzene rings is 1. The number of hydrogen-bond donors (Lipinski definition) is 1. The lowest BCUT2D eigenvalue weighted by Crippen LogP contribution is -2.30. The summed E-state index contributed by atoms with van der Waals surface area (Å²) in [5.74, 6) is 0.671. The van der Waals surface area contributed by atoms with Crippen LogP contribution in [-0.2, 0) is 20.9 Å². The molecule has 1 aromatic carbocycles. The minimum atomic E-state index is -0.0448. The Morgan fingerprint density at radius 2 is 2.09 bits per heavy atom. The van der Waals surface area contributed by atoms with Gasteiger partial charge in [0.15, 0.2) is 0 Å². The van der Waals surface area contributed by atoms with Gasteiger partial charge < -0.3 is 14.6 Å². The molecule has 0 radical (unpaired) electrons. The summed E-state index contributed by atoms with van der Waals surface area (Å²) in [4.78, 5) is 27.9. The highest BCUT2D eigenvalue weighted by molar-refractivity contribution is 8.26. The maximum absolute atomic E-state index is 13.1. The van der Waals surface area contributed by atoms with Gasteiger partial charge >= 0.3 is 0 Å². The van der Waals surface area contributed by atoms with E-state index in [2.05, 4.69) is 5.32 Å². The zero-order chi connectivity index (χ0) is 23.2. The molecule has 0 atom stereocenters. The highest BCUT2D eigenvalue weighted by Gasteiger charge is 2.32. The zero-order valence-electron chi connectivity index (χ0n) is 19.0. The smallest absolute Gasteiger partial charge is 0.266 e. The average molecular weight is 486 g/mol. The summed E-state index contributed by atoms with van der Waals surface area (Å²) in [6, 6.07) is 7.95. The molecule has 2 aromatic rings. The maximum Gasteiger partial charge on any atom is 0.266 e. The van der Waals surface area contributed by atoms with E-state index in [1.54, 1.807) is 12.0 Å². The van der Waals surface area contributed by atoms with Gasteiger partial charge in [-0.25, -0.2) is 0 Å². The third-order valence-electron chi connectivity index (χ3n) is 6.38. The Kier molecular flexibility index (Phi) is 8.22. The molecule has 2 fully saturated rings. The summed E-state index contributed by atoms with van der Waals surface area (Å²) in [5, 5.41) is 3.95. The molecule has 1 saturated carbocycles. The average Bonchev–Trinajstić information content (AvgIpc) is 3.51. The second kappa shape index (κ2) is 11.3. The van der Waals surface area contributed by atoms with Crippen LogP contribution in [0, 0.1) is 5.92 Å². The SMILES string of the molecule is COCCCNC(=O)Cn1cc(/C=C2\SC(=S)N(CCC3CCCC3)C2=O)c2ccccc21. The van der Waals surface area contributed by atoms with E-state index in [1.807, 2.05) is 41.1 Å². The second-order valence-electron chi connectivity index (χ2n) is 8.70. The third-order valence-corrected chi connectivity index (χ3v) is 7.75. The molecule has 176 valence electrons. The van der Waals surface area contributed by atoms with E-state index in [0.29, 0.717) is 28.9 Å². The predicted molar refractivity (Wildman–Crippen MR) is 138 cm³/mol. The molecule has 0 unspecified atom stereocenters. The number of nitrogens with one attached hydrogen (secondary N) is 1. The molecule has 2 heterocycles. The Hall–Kier alpha value is -2.16. The third kappa shape index (κ3) is 5.86. The summed E-state index contributed by atoms with van der Waals surface area (Å²) in [7, 11) is 1.65. The molecule has 1 saturated heterocycles. The van der Waals surface area contributed by atoms with Gasteiger partial charge in [-0.05, 0) is 30.9 Å². The number of aromatic nitrogens is 1. The van der Waals surface area contributed by atoms with Crippen molar-refractivity contribution in [2.75, 3.05) is 26.8 Å². The van der Waals surface area contributed by atoms with Crippen LogP contribution < -0.4 is 5.32 Å². The van der Waals surface area contributed by atoms with Crippen molar-refractivity contribution in [2.24, 2.45) is 5.92 Å². The number of carbonyl (C=O) groups excluding carboxylic acids is 2. The van der Waals surface area contributed by atoms with Gasteiger partial charge in [0.1, 0.15) is 10.9 Å². The van der Waals surface area contributed by atoms with E-state index in [4.69, 9.17) is 17.0 Å². The van der Waals surface area contributed by atoms with Crippen molar-refractivity contribution in [1.29, 1.82) is 0 Å². The number of thiocarbonyl (C=S) groups is 1. The lowest BCUT2D eigenvalue weighted by atomic mass is 10.0. The Morgan fingerprint density at radius 3 is 2.88 bits per heavy atom. The fourth-order valence-corrected chi connectivity index (χ4v) is 5.92. The normalized spacial score (nSPS) is 18.2. The lowest BCUT2D eigenvalue weighted by molar-refractivity contribution is -0.122. The fourth-order valence-electron chi connectivity index (χ4n) is 4.62. The number of rotatable bonds is 10. The Labute approximate surface area is 204 Å². The van der Waals surface area contributed by atoms with Crippen LogP contribution in [0.15, 0.2) is 35.4 Å². The summed E-state index contributed by atoms with van der Waals surface area (Å²) in [6.07, 6.45) is 10.8. The first-order chi connectivity index (χ1) is 16.1. The Bertz CT molecular complexity index is 1060. The number of amides is 2. The number of carbonyl (C=O) groups is 2. The van der Waals surface area contributed by atoms with E-state index in [9.17, 15) is 9.59 Å². The standard InChI is InChI=1S/C25H31N3O3S2/c1-31-14-6-12-26-23(29)17-27-16-19(20-9-4-5-10-21(20)27)15-22-24(30)28(25(32)33-22)13-11-18-7-2-3-8-18/h4-5,9-10,15-16,18H,2-3,6-8,11-14,17H2,1H3,(H,26,29)/b22-15-. The number of methoxy groups -OCH3 is 1. The van der Waals surface area contributed by atoms with Gasteiger partial charge in [0.25, 0.3) is 5.91 Å². The van der Waals surface area contributed by atoms with Gasteiger partial charge in [0.2, 0.25) is 5.91 Å². The van der Waals surface area contributed by atoms with Crippen LogP contribution in [-0.4, -0.2) is 52.4 Å². The molecule has 8 heteroatoms. The van der Waals surface area contributed by atoms with Gasteiger partial charge in [0.05, 0.1) is 4.91 Å². The Balaban J connectivity index is 1.48. The molecule has 0 spiro atoms. The highest BCUT2D eigenvalue weighted by atomic mass is 32.2. The van der Waals surface area contributed by atoms with Gasteiger partial charge in [-0.1, -0.05) is 67.9 Å². The number of nitrogens with zero attached hydrogens (tertiary/aromatic N) is 2. The van der Waals surface area contributed by atoms with Crippen molar-refractivity contribution in [3.63, 3.8) is 0 Å². The molecule has 6 nitrogen and oxygen atoms in total. The molecule has 1 aromatic heterocycles. The highest BCUT2D eigenvalue weighted by Crippen LogP contribution is 2.36. The largest absolute Gasteiger partial charge is 0.385 e. The predicted octanol–water partition coefficient (Wildman–Crippen LogP) is 4.58. The summed E-state index contributed by atoms with van der Waals surface area (Å²) >= 11 is 6.90. The van der Waals surface area contributed by atoms with Crippen LogP contribution in [0.25, 0.3) is 17.0 Å². The summed E-state index contributed by atoms with van der Waals surface area (Å²) in [6.45, 7) is 2.14. The van der Waals surface area contributed by atoms with Gasteiger partial charge in [-0.2, -0.15) is 0 Å². The number of ether oxygens (including phenoxy) is 1. The van der Waals surface area contributed by atoms with Gasteiger partial charge in [-0.15, -0.1) is 0 Å². The molecule has 1 aliphatic heterocycles. The fraction of sp³-hybridized carbons (Fsp3) is 0.480. The molecule has 33 heavy (non-hydrogen) atoms. The van der Waals surface area contributed by atoms with E-state index in [-0.39, 0.29) is 18.4 Å². The van der Waals surface area contributed by atoms with Crippen LogP contribution in [0.2, 0.25) is 0 Å². The van der Waals surface area contributed by atoms with Crippen LogP contribution in [0.3, 0.4) is 0 Å². The van der Waals surface area contributed by atoms with Crippen molar-refractivity contribution in [3.05, 3.63) is 40.9 Å². The molecule has 4 rings (SSSR count). The molecule has 2 aliphatic rings. The zero-order valence-corrected chi connectivity index (χ0v) is 20.7. The second-order valence-corrected chi connectivity index (χ2v) is 10.4. The van der Waals surface area contributed by atoms with Crippen molar-refractivity contribution in [3.8, 4) is 0 Å². The van der Waals surface area contributed by atoms with E-state index in [0.717, 1.165) is 35.2 Å². The van der Waals surface area contributed by atoms with E-state index < -0.39 is 0 Å². The summed E-state index contributed by atoms with van der Waals surface area (Å²) < 4.78 is 7.61. The lowest BCUT2D eigenvalue weighted by Gasteiger charge is -2.17. The monoisotopic (exact) mass is 485 g/mol. The number of fused-ring (bicyclic) bond motifs is 1. The number of hydrogen-bond acceptors (Lipinski definition) is 5. The number of para-hydroxylation sites is 1. The minimum absolute atomic E-state index is 0.00397.